The molecule has 2 heterocycles. The molecule has 0 radical (unpaired) electrons. The monoisotopic (exact) mass is 557 g/mol. The molecule has 1 saturated heterocycles. The van der Waals surface area contributed by atoms with E-state index in [1.54, 1.807) is 6.26 Å². The molecule has 3 atom stereocenters. The summed E-state index contributed by atoms with van der Waals surface area (Å²) in [4.78, 5) is 19.2. The van der Waals surface area contributed by atoms with Gasteiger partial charge in [0.2, 0.25) is 5.91 Å². The van der Waals surface area contributed by atoms with Gasteiger partial charge in [0.25, 0.3) is 0 Å². The summed E-state index contributed by atoms with van der Waals surface area (Å²) >= 11 is 0. The summed E-state index contributed by atoms with van der Waals surface area (Å²) in [5.41, 5.74) is 0. The number of fused-ring (bicyclic) bond motifs is 2. The van der Waals surface area contributed by atoms with E-state index in [2.05, 4.69) is 27.8 Å². The van der Waals surface area contributed by atoms with Crippen LogP contribution >= 0.6 is 24.0 Å². The molecular formula is C24H40IN5O2. The van der Waals surface area contributed by atoms with Gasteiger partial charge in [-0.25, -0.2) is 0 Å². The van der Waals surface area contributed by atoms with Gasteiger partial charge in [-0.3, -0.25) is 14.7 Å². The zero-order chi connectivity index (χ0) is 21.5. The number of halogens is 1. The maximum Gasteiger partial charge on any atom is 0.234 e. The lowest BCUT2D eigenvalue weighted by Gasteiger charge is -2.34. The largest absolute Gasteiger partial charge is 0.469 e. The number of amides is 1. The summed E-state index contributed by atoms with van der Waals surface area (Å²) in [5.74, 6) is 3.81. The third kappa shape index (κ3) is 7.37. The molecule has 4 rings (SSSR count). The number of rotatable bonds is 9. The van der Waals surface area contributed by atoms with Gasteiger partial charge in [-0.2, -0.15) is 0 Å². The van der Waals surface area contributed by atoms with Gasteiger partial charge in [0.1, 0.15) is 5.76 Å². The first-order valence-electron chi connectivity index (χ1n) is 12.3. The molecule has 3 fully saturated rings. The maximum atomic E-state index is 12.0. The molecule has 0 aromatic carbocycles. The van der Waals surface area contributed by atoms with Gasteiger partial charge < -0.3 is 20.4 Å². The van der Waals surface area contributed by atoms with E-state index in [0.717, 1.165) is 75.4 Å². The zero-order valence-electron chi connectivity index (χ0n) is 19.4. The molecule has 3 N–H and O–H groups in total. The maximum absolute atomic E-state index is 12.0. The SMILES string of the molecule is CCCNC(=O)CN1CCC(NC(=NCCc2ccco2)NC2CC3CCC2C3)CC1.I. The van der Waals surface area contributed by atoms with Crippen LogP contribution < -0.4 is 16.0 Å². The van der Waals surface area contributed by atoms with Gasteiger partial charge in [0.05, 0.1) is 12.8 Å². The highest BCUT2D eigenvalue weighted by atomic mass is 127. The molecule has 3 unspecified atom stereocenters. The predicted octanol–water partition coefficient (Wildman–Crippen LogP) is 3.15. The molecule has 1 aromatic rings. The van der Waals surface area contributed by atoms with Gasteiger partial charge >= 0.3 is 0 Å². The van der Waals surface area contributed by atoms with E-state index in [0.29, 0.717) is 18.6 Å². The van der Waals surface area contributed by atoms with Gasteiger partial charge in [0, 0.05) is 44.7 Å². The lowest BCUT2D eigenvalue weighted by molar-refractivity contribution is -0.122. The second-order valence-corrected chi connectivity index (χ2v) is 9.53. The van der Waals surface area contributed by atoms with Crippen LogP contribution in [0.4, 0.5) is 0 Å². The Balaban J connectivity index is 0.00000289. The van der Waals surface area contributed by atoms with Gasteiger partial charge in [-0.15, -0.1) is 24.0 Å². The van der Waals surface area contributed by atoms with Crippen LogP contribution in [0.5, 0.6) is 0 Å². The summed E-state index contributed by atoms with van der Waals surface area (Å²) in [6, 6.07) is 4.92. The number of nitrogens with one attached hydrogen (secondary N) is 3. The van der Waals surface area contributed by atoms with Crippen molar-refractivity contribution in [2.24, 2.45) is 16.8 Å². The summed E-state index contributed by atoms with van der Waals surface area (Å²) in [7, 11) is 0. The van der Waals surface area contributed by atoms with E-state index in [9.17, 15) is 4.79 Å². The van der Waals surface area contributed by atoms with E-state index in [4.69, 9.17) is 9.41 Å². The minimum atomic E-state index is 0. The van der Waals surface area contributed by atoms with Crippen molar-refractivity contribution in [1.29, 1.82) is 0 Å². The highest BCUT2D eigenvalue weighted by molar-refractivity contribution is 14.0. The molecule has 180 valence electrons. The molecule has 8 heteroatoms. The quantitative estimate of drug-likeness (QED) is 0.247. The van der Waals surface area contributed by atoms with Crippen molar-refractivity contribution in [3.63, 3.8) is 0 Å². The van der Waals surface area contributed by atoms with Crippen LogP contribution in [0.25, 0.3) is 0 Å². The molecule has 7 nitrogen and oxygen atoms in total. The van der Waals surface area contributed by atoms with Crippen molar-refractivity contribution in [3.8, 4) is 0 Å². The van der Waals surface area contributed by atoms with Crippen molar-refractivity contribution in [2.45, 2.75) is 70.4 Å². The van der Waals surface area contributed by atoms with Gasteiger partial charge in [-0.05, 0) is 62.5 Å². The fourth-order valence-electron chi connectivity index (χ4n) is 5.41. The Morgan fingerprint density at radius 2 is 2.03 bits per heavy atom. The Morgan fingerprint density at radius 3 is 2.69 bits per heavy atom. The Bertz CT molecular complexity index is 718. The van der Waals surface area contributed by atoms with Crippen LogP contribution in [0.15, 0.2) is 27.8 Å². The number of furan rings is 1. The summed E-state index contributed by atoms with van der Waals surface area (Å²) in [6.45, 7) is 5.98. The van der Waals surface area contributed by atoms with E-state index in [-0.39, 0.29) is 29.9 Å². The van der Waals surface area contributed by atoms with Crippen LogP contribution in [-0.4, -0.2) is 61.6 Å². The lowest BCUT2D eigenvalue weighted by Crippen LogP contribution is -2.52. The minimum absolute atomic E-state index is 0. The molecule has 1 aromatic heterocycles. The molecule has 32 heavy (non-hydrogen) atoms. The summed E-state index contributed by atoms with van der Waals surface area (Å²) < 4.78 is 5.46. The molecule has 2 aliphatic carbocycles. The number of nitrogens with zero attached hydrogens (tertiary/aromatic N) is 2. The molecule has 1 amide bonds. The first-order chi connectivity index (χ1) is 15.2. The Labute approximate surface area is 209 Å². The third-order valence-corrected chi connectivity index (χ3v) is 7.14. The third-order valence-electron chi connectivity index (χ3n) is 7.14. The van der Waals surface area contributed by atoms with Gasteiger partial charge in [-0.1, -0.05) is 13.3 Å². The molecule has 2 bridgehead atoms. The normalized spacial score (nSPS) is 26.0. The smallest absolute Gasteiger partial charge is 0.234 e. The number of aliphatic imine (C=N–C) groups is 1. The van der Waals surface area contributed by atoms with Crippen molar-refractivity contribution < 1.29 is 9.21 Å². The Morgan fingerprint density at radius 1 is 1.19 bits per heavy atom. The van der Waals surface area contributed by atoms with Crippen LogP contribution in [0.3, 0.4) is 0 Å². The number of carbonyl (C=O) groups is 1. The predicted molar refractivity (Wildman–Crippen MR) is 138 cm³/mol. The lowest BCUT2D eigenvalue weighted by atomic mass is 9.95. The zero-order valence-corrected chi connectivity index (χ0v) is 21.7. The van der Waals surface area contributed by atoms with E-state index in [1.165, 1.54) is 25.7 Å². The number of likely N-dealkylation sites (tertiary alicyclic amines) is 1. The van der Waals surface area contributed by atoms with Crippen molar-refractivity contribution >= 4 is 35.8 Å². The average molecular weight is 558 g/mol. The van der Waals surface area contributed by atoms with Crippen LogP contribution in [-0.2, 0) is 11.2 Å². The number of hydrogen-bond acceptors (Lipinski definition) is 4. The topological polar surface area (TPSA) is 81.9 Å². The Hall–Kier alpha value is -1.29. The molecule has 2 saturated carbocycles. The first-order valence-corrected chi connectivity index (χ1v) is 12.3. The van der Waals surface area contributed by atoms with Crippen LogP contribution in [0.2, 0.25) is 0 Å². The number of piperidine rings is 1. The molecule has 1 aliphatic heterocycles. The number of guanidine groups is 1. The van der Waals surface area contributed by atoms with Crippen molar-refractivity contribution in [3.05, 3.63) is 24.2 Å². The van der Waals surface area contributed by atoms with E-state index >= 15 is 0 Å². The second kappa shape index (κ2) is 12.8. The molecule has 3 aliphatic rings. The first kappa shape index (κ1) is 25.3. The van der Waals surface area contributed by atoms with Crippen LogP contribution in [0, 0.1) is 11.8 Å². The van der Waals surface area contributed by atoms with Crippen molar-refractivity contribution in [1.82, 2.24) is 20.9 Å². The summed E-state index contributed by atoms with van der Waals surface area (Å²) in [6.07, 6.45) is 11.0. The minimum Gasteiger partial charge on any atom is -0.469 e. The van der Waals surface area contributed by atoms with E-state index < -0.39 is 0 Å². The fourth-order valence-corrected chi connectivity index (χ4v) is 5.41. The van der Waals surface area contributed by atoms with E-state index in [1.807, 2.05) is 12.1 Å². The molecule has 0 spiro atoms. The second-order valence-electron chi connectivity index (χ2n) is 9.53. The van der Waals surface area contributed by atoms with Gasteiger partial charge in [0.15, 0.2) is 5.96 Å². The molecular weight excluding hydrogens is 517 g/mol. The number of carbonyl (C=O) groups excluding carboxylic acids is 1. The highest BCUT2D eigenvalue weighted by Gasteiger charge is 2.40. The standard InChI is InChI=1S/C24H39N5O2.HI/c1-2-10-25-23(30)17-29-12-8-20(9-13-29)27-24(26-11-7-21-4-3-14-31-21)28-22-16-18-5-6-19(22)15-18;/h3-4,14,18-20,22H,2,5-13,15-17H2,1H3,(H,25,30)(H2,26,27,28);1H. The fraction of sp³-hybridized carbons (Fsp3) is 0.750. The Kier molecular flexibility index (Phi) is 10.1. The summed E-state index contributed by atoms with van der Waals surface area (Å²) in [5, 5.41) is 10.5. The highest BCUT2D eigenvalue weighted by Crippen LogP contribution is 2.44. The number of hydrogen-bond donors (Lipinski definition) is 3. The van der Waals surface area contributed by atoms with Crippen LogP contribution in [0.1, 0.15) is 57.6 Å². The average Bonchev–Trinajstić information content (AvgIpc) is 3.52. The van der Waals surface area contributed by atoms with Crippen molar-refractivity contribution in [2.75, 3.05) is 32.7 Å².